The molecule has 1 amide bonds. The first-order valence-electron chi connectivity index (χ1n) is 10.7. The molecule has 5 heteroatoms. The summed E-state index contributed by atoms with van der Waals surface area (Å²) in [6.07, 6.45) is 9.94. The second-order valence-corrected chi connectivity index (χ2v) is 9.43. The predicted octanol–water partition coefficient (Wildman–Crippen LogP) is 4.41. The van der Waals surface area contributed by atoms with Crippen LogP contribution < -0.4 is 0 Å². The summed E-state index contributed by atoms with van der Waals surface area (Å²) >= 11 is 1.96. The molecule has 3 aliphatic heterocycles. The average molecular weight is 381 g/mol. The van der Waals surface area contributed by atoms with Gasteiger partial charge in [-0.2, -0.15) is 0 Å². The zero-order valence-electron chi connectivity index (χ0n) is 16.7. The van der Waals surface area contributed by atoms with Gasteiger partial charge in [-0.05, 0) is 62.1 Å². The molecule has 0 bridgehead atoms. The van der Waals surface area contributed by atoms with Gasteiger partial charge in [-0.25, -0.2) is 0 Å². The van der Waals surface area contributed by atoms with E-state index >= 15 is 0 Å². The molecule has 1 fully saturated rings. The highest BCUT2D eigenvalue weighted by Crippen LogP contribution is 2.51. The fourth-order valence-electron chi connectivity index (χ4n) is 4.37. The number of carbonyl (C=O) groups excluding carboxylic acids is 1. The molecule has 3 aliphatic rings. The second kappa shape index (κ2) is 9.61. The maximum atomic E-state index is 12.2. The van der Waals surface area contributed by atoms with Crippen molar-refractivity contribution in [3.05, 3.63) is 10.5 Å². The van der Waals surface area contributed by atoms with Crippen molar-refractivity contribution in [1.29, 1.82) is 0 Å². The zero-order valence-corrected chi connectivity index (χ0v) is 17.5. The number of hydrogen-bond acceptors (Lipinski definition) is 4. The van der Waals surface area contributed by atoms with E-state index in [1.807, 2.05) is 11.8 Å². The fraction of sp³-hybridized carbons (Fsp3) is 0.857. The van der Waals surface area contributed by atoms with E-state index in [9.17, 15) is 4.79 Å². The van der Waals surface area contributed by atoms with Gasteiger partial charge in [0.15, 0.2) is 0 Å². The third-order valence-corrected chi connectivity index (χ3v) is 7.63. The van der Waals surface area contributed by atoms with E-state index in [0.29, 0.717) is 12.3 Å². The van der Waals surface area contributed by atoms with Crippen LogP contribution in [-0.2, 0) is 9.53 Å². The van der Waals surface area contributed by atoms with Crippen molar-refractivity contribution in [2.45, 2.75) is 76.6 Å². The zero-order chi connectivity index (χ0) is 18.4. The molecule has 0 aromatic heterocycles. The van der Waals surface area contributed by atoms with Crippen molar-refractivity contribution >= 4 is 17.7 Å². The van der Waals surface area contributed by atoms with Crippen molar-refractivity contribution in [2.75, 3.05) is 39.3 Å². The number of piperidine rings is 1. The largest absolute Gasteiger partial charge is 0.364 e. The lowest BCUT2D eigenvalue weighted by Gasteiger charge is -2.30. The highest BCUT2D eigenvalue weighted by atomic mass is 32.2. The predicted molar refractivity (Wildman–Crippen MR) is 109 cm³/mol. The summed E-state index contributed by atoms with van der Waals surface area (Å²) in [5.41, 5.74) is 1.46. The standard InChI is InChI=1S/C21H36N2O2S/c1-3-9-20(24)23-14-10-19-18(17-23)16-21(4-2,26-19)25-15-8-13-22-11-6-5-7-12-22/h3-17H2,1-2H3. The summed E-state index contributed by atoms with van der Waals surface area (Å²) < 4.78 is 6.46. The number of amides is 1. The molecular weight excluding hydrogens is 344 g/mol. The minimum Gasteiger partial charge on any atom is -0.364 e. The number of ether oxygens (including phenoxy) is 1. The summed E-state index contributed by atoms with van der Waals surface area (Å²) in [5.74, 6) is 0.320. The lowest BCUT2D eigenvalue weighted by Crippen LogP contribution is -2.36. The third-order valence-electron chi connectivity index (χ3n) is 5.96. The molecule has 0 spiro atoms. The molecule has 1 saturated heterocycles. The van der Waals surface area contributed by atoms with Crippen molar-refractivity contribution in [2.24, 2.45) is 0 Å². The topological polar surface area (TPSA) is 32.8 Å². The smallest absolute Gasteiger partial charge is 0.222 e. The Kier molecular flexibility index (Phi) is 7.47. The quantitative estimate of drug-likeness (QED) is 0.584. The van der Waals surface area contributed by atoms with Crippen molar-refractivity contribution in [3.8, 4) is 0 Å². The van der Waals surface area contributed by atoms with Gasteiger partial charge >= 0.3 is 0 Å². The van der Waals surface area contributed by atoms with Gasteiger partial charge in [0.2, 0.25) is 5.91 Å². The Labute approximate surface area is 163 Å². The Morgan fingerprint density at radius 2 is 2.00 bits per heavy atom. The van der Waals surface area contributed by atoms with Gasteiger partial charge in [-0.15, -0.1) is 0 Å². The van der Waals surface area contributed by atoms with Gasteiger partial charge < -0.3 is 14.5 Å². The summed E-state index contributed by atoms with van der Waals surface area (Å²) in [4.78, 5) is 18.3. The molecule has 0 aromatic carbocycles. The Hall–Kier alpha value is -0.520. The monoisotopic (exact) mass is 380 g/mol. The van der Waals surface area contributed by atoms with E-state index in [2.05, 4.69) is 23.6 Å². The molecule has 0 radical (unpaired) electrons. The SMILES string of the molecule is CCCC(=O)N1CCC2=C(C1)CC(CC)(OCCCN1CCCCC1)S2. The molecule has 1 atom stereocenters. The summed E-state index contributed by atoms with van der Waals surface area (Å²) in [6, 6.07) is 0. The van der Waals surface area contributed by atoms with Crippen LogP contribution in [0.15, 0.2) is 10.5 Å². The molecule has 3 heterocycles. The second-order valence-electron chi connectivity index (χ2n) is 7.99. The number of thioether (sulfide) groups is 1. The number of rotatable bonds is 8. The molecule has 0 saturated carbocycles. The third kappa shape index (κ3) is 5.05. The van der Waals surface area contributed by atoms with Crippen molar-refractivity contribution in [3.63, 3.8) is 0 Å². The minimum atomic E-state index is -0.0730. The first-order valence-corrected chi connectivity index (χ1v) is 11.5. The van der Waals surface area contributed by atoms with Crippen LogP contribution in [0.2, 0.25) is 0 Å². The van der Waals surface area contributed by atoms with Gasteiger partial charge in [-0.3, -0.25) is 4.79 Å². The highest BCUT2D eigenvalue weighted by Gasteiger charge is 2.41. The summed E-state index contributed by atoms with van der Waals surface area (Å²) in [7, 11) is 0. The summed E-state index contributed by atoms with van der Waals surface area (Å²) in [6.45, 7) is 10.6. The molecule has 26 heavy (non-hydrogen) atoms. The molecule has 3 rings (SSSR count). The van der Waals surface area contributed by atoms with Crippen molar-refractivity contribution < 1.29 is 9.53 Å². The fourth-order valence-corrected chi connectivity index (χ4v) is 5.82. The van der Waals surface area contributed by atoms with Crippen LogP contribution in [-0.4, -0.2) is 60.0 Å². The molecule has 0 N–H and O–H groups in total. The number of likely N-dealkylation sites (tertiary alicyclic amines) is 1. The molecule has 1 unspecified atom stereocenters. The van der Waals surface area contributed by atoms with Crippen LogP contribution >= 0.6 is 11.8 Å². The van der Waals surface area contributed by atoms with Gasteiger partial charge in [0.1, 0.15) is 4.93 Å². The van der Waals surface area contributed by atoms with Gasteiger partial charge in [0.05, 0.1) is 0 Å². The minimum absolute atomic E-state index is 0.0730. The number of carbonyl (C=O) groups is 1. The van der Waals surface area contributed by atoms with Gasteiger partial charge in [-0.1, -0.05) is 32.0 Å². The van der Waals surface area contributed by atoms with Gasteiger partial charge in [0.25, 0.3) is 0 Å². The number of nitrogens with zero attached hydrogens (tertiary/aromatic N) is 2. The van der Waals surface area contributed by atoms with E-state index in [4.69, 9.17) is 4.74 Å². The Morgan fingerprint density at radius 1 is 1.19 bits per heavy atom. The molecule has 148 valence electrons. The highest BCUT2D eigenvalue weighted by molar-refractivity contribution is 8.04. The first-order chi connectivity index (χ1) is 12.7. The van der Waals surface area contributed by atoms with Gasteiger partial charge in [0, 0.05) is 39.1 Å². The number of hydrogen-bond donors (Lipinski definition) is 0. The van der Waals surface area contributed by atoms with Crippen LogP contribution in [0.25, 0.3) is 0 Å². The average Bonchev–Trinajstić information content (AvgIpc) is 3.04. The van der Waals surface area contributed by atoms with Crippen LogP contribution in [0.3, 0.4) is 0 Å². The normalized spacial score (nSPS) is 27.1. The van der Waals surface area contributed by atoms with Crippen molar-refractivity contribution in [1.82, 2.24) is 9.80 Å². The maximum absolute atomic E-state index is 12.2. The van der Waals surface area contributed by atoms with E-state index in [0.717, 1.165) is 51.8 Å². The molecule has 0 aromatic rings. The molecule has 4 nitrogen and oxygen atoms in total. The first kappa shape index (κ1) is 20.2. The van der Waals surface area contributed by atoms with Crippen LogP contribution in [0.1, 0.15) is 71.6 Å². The van der Waals surface area contributed by atoms with E-state index < -0.39 is 0 Å². The lowest BCUT2D eigenvalue weighted by atomic mass is 10.0. The molecular formula is C21H36N2O2S. The Morgan fingerprint density at radius 3 is 2.73 bits per heavy atom. The summed E-state index contributed by atoms with van der Waals surface area (Å²) in [5, 5.41) is 0. The van der Waals surface area contributed by atoms with Crippen LogP contribution in [0, 0.1) is 0 Å². The molecule has 0 aliphatic carbocycles. The lowest BCUT2D eigenvalue weighted by molar-refractivity contribution is -0.131. The van der Waals surface area contributed by atoms with Crippen LogP contribution in [0.4, 0.5) is 0 Å². The Bertz CT molecular complexity index is 516. The maximum Gasteiger partial charge on any atom is 0.222 e. The van der Waals surface area contributed by atoms with Crippen LogP contribution in [0.5, 0.6) is 0 Å². The Balaban J connectivity index is 1.45. The van der Waals surface area contributed by atoms with E-state index in [1.165, 1.54) is 49.4 Å². The van der Waals surface area contributed by atoms with E-state index in [1.54, 1.807) is 0 Å². The van der Waals surface area contributed by atoms with E-state index in [-0.39, 0.29) is 4.93 Å².